The highest BCUT2D eigenvalue weighted by molar-refractivity contribution is 7.99. The summed E-state index contributed by atoms with van der Waals surface area (Å²) in [6.07, 6.45) is 0. The Morgan fingerprint density at radius 1 is 1.16 bits per heavy atom. The molecule has 1 atom stereocenters. The average molecular weight is 370 g/mol. The molecule has 0 saturated carbocycles. The Morgan fingerprint density at radius 3 is 2.48 bits per heavy atom. The van der Waals surface area contributed by atoms with Gasteiger partial charge in [0, 0.05) is 25.4 Å². The Balaban J connectivity index is 1.66. The van der Waals surface area contributed by atoms with Crippen molar-refractivity contribution in [3.63, 3.8) is 0 Å². The number of anilines is 1. The van der Waals surface area contributed by atoms with E-state index in [1.165, 1.54) is 0 Å². The molecule has 1 aliphatic heterocycles. The van der Waals surface area contributed by atoms with Crippen LogP contribution in [0.4, 0.5) is 14.7 Å². The van der Waals surface area contributed by atoms with Crippen LogP contribution in [0, 0.1) is 0 Å². The van der Waals surface area contributed by atoms with Crippen molar-refractivity contribution in [2.24, 2.45) is 7.05 Å². The van der Waals surface area contributed by atoms with Crippen LogP contribution in [-0.2, 0) is 11.8 Å². The molecule has 0 bridgehead atoms. The zero-order valence-electron chi connectivity index (χ0n) is 14.1. The van der Waals surface area contributed by atoms with Crippen LogP contribution in [0.5, 0.6) is 5.75 Å². The van der Waals surface area contributed by atoms with Crippen molar-refractivity contribution in [3.05, 3.63) is 29.8 Å². The Hall–Kier alpha value is -1.87. The molecule has 0 spiro atoms. The van der Waals surface area contributed by atoms with Crippen molar-refractivity contribution in [1.29, 1.82) is 0 Å². The van der Waals surface area contributed by atoms with Crippen LogP contribution in [0.1, 0.15) is 17.7 Å². The van der Waals surface area contributed by atoms with Crippen molar-refractivity contribution < 1.29 is 18.3 Å². The number of aromatic nitrogens is 3. The second-order valence-corrected chi connectivity index (χ2v) is 6.96. The summed E-state index contributed by atoms with van der Waals surface area (Å²) in [5.41, 5.74) is 1.00. The molecule has 25 heavy (non-hydrogen) atoms. The zero-order chi connectivity index (χ0) is 17.8. The average Bonchev–Trinajstić information content (AvgIpc) is 2.96. The van der Waals surface area contributed by atoms with Gasteiger partial charge in [-0.3, -0.25) is 4.57 Å². The maximum Gasteiger partial charge on any atom is 0.387 e. The van der Waals surface area contributed by atoms with Gasteiger partial charge in [0.2, 0.25) is 5.95 Å². The molecular weight excluding hydrogens is 350 g/mol. The third-order valence-corrected chi connectivity index (χ3v) is 5.15. The molecule has 0 N–H and O–H groups in total. The minimum atomic E-state index is -2.81. The minimum absolute atomic E-state index is 0.0982. The normalized spacial score (nSPS) is 16.3. The zero-order valence-corrected chi connectivity index (χ0v) is 14.9. The topological polar surface area (TPSA) is 52.4 Å². The highest BCUT2D eigenvalue weighted by Gasteiger charge is 2.20. The van der Waals surface area contributed by atoms with E-state index < -0.39 is 6.61 Å². The van der Waals surface area contributed by atoms with Crippen molar-refractivity contribution in [2.45, 2.75) is 23.9 Å². The first-order valence-electron chi connectivity index (χ1n) is 7.98. The van der Waals surface area contributed by atoms with Gasteiger partial charge in [0.05, 0.1) is 13.2 Å². The molecule has 1 aliphatic rings. The maximum atomic E-state index is 12.2. The number of morpholine rings is 1. The molecule has 9 heteroatoms. The van der Waals surface area contributed by atoms with E-state index >= 15 is 0 Å². The Labute approximate surface area is 149 Å². The highest BCUT2D eigenvalue weighted by atomic mass is 32.2. The fraction of sp³-hybridized carbons (Fsp3) is 0.500. The number of hydrogen-bond acceptors (Lipinski definition) is 6. The number of alkyl halides is 2. The lowest BCUT2D eigenvalue weighted by Crippen LogP contribution is -2.37. The number of halogens is 2. The van der Waals surface area contributed by atoms with E-state index in [9.17, 15) is 8.78 Å². The number of benzene rings is 1. The first kappa shape index (κ1) is 17.9. The molecule has 0 aliphatic carbocycles. The van der Waals surface area contributed by atoms with Gasteiger partial charge in [-0.25, -0.2) is 0 Å². The summed E-state index contributed by atoms with van der Waals surface area (Å²) in [5, 5.41) is 9.48. The molecule has 1 aromatic carbocycles. The van der Waals surface area contributed by atoms with Crippen LogP contribution in [0.25, 0.3) is 0 Å². The quantitative estimate of drug-likeness (QED) is 0.729. The Morgan fingerprint density at radius 2 is 1.84 bits per heavy atom. The van der Waals surface area contributed by atoms with Crippen LogP contribution >= 0.6 is 11.8 Å². The predicted octanol–water partition coefficient (Wildman–Crippen LogP) is 3.11. The lowest BCUT2D eigenvalue weighted by molar-refractivity contribution is -0.0498. The van der Waals surface area contributed by atoms with Crippen LogP contribution in [-0.4, -0.2) is 47.7 Å². The molecule has 3 rings (SSSR count). The first-order chi connectivity index (χ1) is 12.0. The first-order valence-corrected chi connectivity index (χ1v) is 8.86. The van der Waals surface area contributed by atoms with Gasteiger partial charge in [-0.15, -0.1) is 10.2 Å². The standard InChI is InChI=1S/C16H20F2N4O2S/c1-11(12-3-5-13(6-4-12)24-14(17)18)25-16-20-19-15(21(16)2)22-7-9-23-10-8-22/h3-6,11,14H,7-10H2,1-2H3/t11-/m0/s1. The smallest absolute Gasteiger partial charge is 0.387 e. The second kappa shape index (κ2) is 8.01. The maximum absolute atomic E-state index is 12.2. The van der Waals surface area contributed by atoms with E-state index in [2.05, 4.69) is 19.8 Å². The number of thioether (sulfide) groups is 1. The van der Waals surface area contributed by atoms with E-state index in [0.29, 0.717) is 13.2 Å². The third-order valence-electron chi connectivity index (χ3n) is 3.96. The summed E-state index contributed by atoms with van der Waals surface area (Å²) < 4.78 is 36.1. The van der Waals surface area contributed by atoms with Gasteiger partial charge in [0.25, 0.3) is 0 Å². The SMILES string of the molecule is C[C@H](Sc1nnc(N2CCOCC2)n1C)c1ccc(OC(F)F)cc1. The predicted molar refractivity (Wildman–Crippen MR) is 91.4 cm³/mol. The summed E-state index contributed by atoms with van der Waals surface area (Å²) in [7, 11) is 1.94. The van der Waals surface area contributed by atoms with Gasteiger partial charge in [-0.1, -0.05) is 23.9 Å². The van der Waals surface area contributed by atoms with Gasteiger partial charge >= 0.3 is 6.61 Å². The molecular formula is C16H20F2N4O2S. The number of nitrogens with zero attached hydrogens (tertiary/aromatic N) is 4. The van der Waals surface area contributed by atoms with Crippen molar-refractivity contribution >= 4 is 17.7 Å². The summed E-state index contributed by atoms with van der Waals surface area (Å²) in [4.78, 5) is 2.15. The molecule has 6 nitrogen and oxygen atoms in total. The van der Waals surface area contributed by atoms with Crippen molar-refractivity contribution in [1.82, 2.24) is 14.8 Å². The number of rotatable bonds is 6. The molecule has 2 aromatic rings. The van der Waals surface area contributed by atoms with Gasteiger partial charge in [-0.2, -0.15) is 8.78 Å². The third kappa shape index (κ3) is 4.40. The molecule has 1 saturated heterocycles. The van der Waals surface area contributed by atoms with E-state index in [1.807, 2.05) is 18.5 Å². The fourth-order valence-electron chi connectivity index (χ4n) is 2.59. The van der Waals surface area contributed by atoms with Crippen molar-refractivity contribution in [3.8, 4) is 5.75 Å². The van der Waals surface area contributed by atoms with E-state index in [0.717, 1.165) is 29.8 Å². The van der Waals surface area contributed by atoms with E-state index in [1.54, 1.807) is 36.0 Å². The molecule has 1 fully saturated rings. The summed E-state index contributed by atoms with van der Waals surface area (Å²) >= 11 is 1.57. The fourth-order valence-corrected chi connectivity index (χ4v) is 3.53. The molecule has 0 radical (unpaired) electrons. The molecule has 136 valence electrons. The number of hydrogen-bond donors (Lipinski definition) is 0. The van der Waals surface area contributed by atoms with E-state index in [-0.39, 0.29) is 11.0 Å². The van der Waals surface area contributed by atoms with Gasteiger partial charge in [0.15, 0.2) is 5.16 Å². The lowest BCUT2D eigenvalue weighted by atomic mass is 10.2. The second-order valence-electron chi connectivity index (χ2n) is 5.65. The minimum Gasteiger partial charge on any atom is -0.435 e. The number of ether oxygens (including phenoxy) is 2. The summed E-state index contributed by atoms with van der Waals surface area (Å²) in [5.74, 6) is 0.989. The lowest BCUT2D eigenvalue weighted by Gasteiger charge is -2.27. The molecule has 2 heterocycles. The Kier molecular flexibility index (Phi) is 5.74. The van der Waals surface area contributed by atoms with Gasteiger partial charge in [-0.05, 0) is 24.6 Å². The van der Waals surface area contributed by atoms with Crippen molar-refractivity contribution in [2.75, 3.05) is 31.2 Å². The van der Waals surface area contributed by atoms with Crippen LogP contribution in [0.2, 0.25) is 0 Å². The summed E-state index contributed by atoms with van der Waals surface area (Å²) in [6.45, 7) is 2.22. The van der Waals surface area contributed by atoms with E-state index in [4.69, 9.17) is 4.74 Å². The molecule has 0 amide bonds. The largest absolute Gasteiger partial charge is 0.435 e. The molecule has 1 aromatic heterocycles. The van der Waals surface area contributed by atoms with Crippen LogP contribution < -0.4 is 9.64 Å². The van der Waals surface area contributed by atoms with Crippen LogP contribution in [0.15, 0.2) is 29.4 Å². The highest BCUT2D eigenvalue weighted by Crippen LogP contribution is 2.35. The van der Waals surface area contributed by atoms with Gasteiger partial charge < -0.3 is 14.4 Å². The van der Waals surface area contributed by atoms with Gasteiger partial charge in [0.1, 0.15) is 5.75 Å². The summed E-state index contributed by atoms with van der Waals surface area (Å²) in [6, 6.07) is 6.67. The molecule has 0 unspecified atom stereocenters. The Bertz CT molecular complexity index is 690. The van der Waals surface area contributed by atoms with Crippen LogP contribution in [0.3, 0.4) is 0 Å². The monoisotopic (exact) mass is 370 g/mol.